The fourth-order valence-electron chi connectivity index (χ4n) is 3.72. The Morgan fingerprint density at radius 1 is 0.871 bits per heavy atom. The summed E-state index contributed by atoms with van der Waals surface area (Å²) >= 11 is 0. The molecule has 0 bridgehead atoms. The summed E-state index contributed by atoms with van der Waals surface area (Å²) in [5.41, 5.74) is 2.75. The van der Waals surface area contributed by atoms with Gasteiger partial charge in [0.2, 0.25) is 0 Å². The Kier molecular flexibility index (Phi) is 6.26. The van der Waals surface area contributed by atoms with Gasteiger partial charge < -0.3 is 14.5 Å². The molecule has 1 aliphatic heterocycles. The molecule has 0 amide bonds. The lowest BCUT2D eigenvalue weighted by Gasteiger charge is -2.36. The van der Waals surface area contributed by atoms with E-state index in [0.29, 0.717) is 17.7 Å². The minimum absolute atomic E-state index is 0.0334. The number of benzene rings is 2. The maximum Gasteiger partial charge on any atom is 0.308 e. The molecule has 0 spiro atoms. The van der Waals surface area contributed by atoms with Crippen LogP contribution in [0.2, 0.25) is 0 Å². The first-order chi connectivity index (χ1) is 15.1. The molecule has 158 valence electrons. The summed E-state index contributed by atoms with van der Waals surface area (Å²) in [6.07, 6.45) is 2.16. The SMILES string of the molecule is CC(=O)Oc1ccc(C(=O)Cc2ccc(N3CCN(c4ccccn4)CC3)cc2)cc1. The van der Waals surface area contributed by atoms with Crippen molar-refractivity contribution < 1.29 is 14.3 Å². The standard InChI is InChI=1S/C25H25N3O3/c1-19(29)31-23-11-7-21(8-12-23)24(30)18-20-5-9-22(10-6-20)27-14-16-28(17-15-27)25-4-2-3-13-26-25/h2-13H,14-18H2,1H3. The van der Waals surface area contributed by atoms with Crippen LogP contribution in [-0.4, -0.2) is 42.9 Å². The van der Waals surface area contributed by atoms with Crippen LogP contribution in [0, 0.1) is 0 Å². The van der Waals surface area contributed by atoms with Crippen LogP contribution < -0.4 is 14.5 Å². The minimum Gasteiger partial charge on any atom is -0.427 e. The van der Waals surface area contributed by atoms with Gasteiger partial charge in [0.25, 0.3) is 0 Å². The quantitative estimate of drug-likeness (QED) is 0.347. The number of piperazine rings is 1. The number of hydrogen-bond donors (Lipinski definition) is 0. The van der Waals surface area contributed by atoms with Gasteiger partial charge in [0, 0.05) is 57.0 Å². The molecule has 6 nitrogen and oxygen atoms in total. The number of carbonyl (C=O) groups is 2. The molecule has 6 heteroatoms. The van der Waals surface area contributed by atoms with Crippen LogP contribution in [0.1, 0.15) is 22.8 Å². The maximum atomic E-state index is 12.6. The first-order valence-corrected chi connectivity index (χ1v) is 10.4. The molecule has 31 heavy (non-hydrogen) atoms. The highest BCUT2D eigenvalue weighted by atomic mass is 16.5. The first kappa shape index (κ1) is 20.6. The van der Waals surface area contributed by atoms with E-state index in [2.05, 4.69) is 26.9 Å². The molecule has 2 heterocycles. The highest BCUT2D eigenvalue weighted by Gasteiger charge is 2.18. The monoisotopic (exact) mass is 415 g/mol. The molecular weight excluding hydrogens is 390 g/mol. The van der Waals surface area contributed by atoms with Crippen molar-refractivity contribution in [1.29, 1.82) is 0 Å². The predicted molar refractivity (Wildman–Crippen MR) is 121 cm³/mol. The van der Waals surface area contributed by atoms with Gasteiger partial charge in [0.15, 0.2) is 5.78 Å². The molecule has 1 saturated heterocycles. The van der Waals surface area contributed by atoms with Crippen molar-refractivity contribution in [2.75, 3.05) is 36.0 Å². The van der Waals surface area contributed by atoms with Gasteiger partial charge in [-0.15, -0.1) is 0 Å². The number of esters is 1. The van der Waals surface area contributed by atoms with E-state index in [9.17, 15) is 9.59 Å². The number of ether oxygens (including phenoxy) is 1. The van der Waals surface area contributed by atoms with Crippen molar-refractivity contribution >= 4 is 23.3 Å². The summed E-state index contributed by atoms with van der Waals surface area (Å²) in [6, 6.07) is 20.9. The number of pyridine rings is 1. The number of carbonyl (C=O) groups excluding carboxylic acids is 2. The summed E-state index contributed by atoms with van der Waals surface area (Å²) in [6.45, 7) is 5.08. The van der Waals surface area contributed by atoms with E-state index in [1.54, 1.807) is 24.3 Å². The normalized spacial score (nSPS) is 13.7. The number of Topliss-reactive ketones (excluding diaryl/α,β-unsaturated/α-hetero) is 1. The van der Waals surface area contributed by atoms with Crippen LogP contribution in [0.3, 0.4) is 0 Å². The lowest BCUT2D eigenvalue weighted by molar-refractivity contribution is -0.131. The average molecular weight is 415 g/mol. The Morgan fingerprint density at radius 3 is 2.16 bits per heavy atom. The zero-order chi connectivity index (χ0) is 21.6. The van der Waals surface area contributed by atoms with Crippen molar-refractivity contribution in [3.05, 3.63) is 84.1 Å². The van der Waals surface area contributed by atoms with Crippen molar-refractivity contribution in [2.45, 2.75) is 13.3 Å². The third-order valence-electron chi connectivity index (χ3n) is 5.36. The molecule has 4 rings (SSSR count). The number of ketones is 1. The molecule has 1 aliphatic rings. The molecule has 3 aromatic rings. The fourth-order valence-corrected chi connectivity index (χ4v) is 3.72. The van der Waals surface area contributed by atoms with Crippen LogP contribution in [0.15, 0.2) is 72.9 Å². The highest BCUT2D eigenvalue weighted by molar-refractivity contribution is 5.97. The summed E-state index contributed by atoms with van der Waals surface area (Å²) in [5.74, 6) is 1.12. The van der Waals surface area contributed by atoms with Gasteiger partial charge in [-0.1, -0.05) is 18.2 Å². The summed E-state index contributed by atoms with van der Waals surface area (Å²) in [7, 11) is 0. The molecule has 0 N–H and O–H groups in total. The summed E-state index contributed by atoms with van der Waals surface area (Å²) < 4.78 is 5.01. The first-order valence-electron chi connectivity index (χ1n) is 10.4. The van der Waals surface area contributed by atoms with Crippen LogP contribution in [0.25, 0.3) is 0 Å². The molecule has 0 saturated carbocycles. The number of rotatable bonds is 6. The van der Waals surface area contributed by atoms with Crippen molar-refractivity contribution in [2.24, 2.45) is 0 Å². The van der Waals surface area contributed by atoms with E-state index in [4.69, 9.17) is 4.74 Å². The van der Waals surface area contributed by atoms with E-state index in [1.807, 2.05) is 36.5 Å². The van der Waals surface area contributed by atoms with E-state index >= 15 is 0 Å². The predicted octanol–water partition coefficient (Wildman–Crippen LogP) is 3.76. The Bertz CT molecular complexity index is 1030. The van der Waals surface area contributed by atoms with E-state index < -0.39 is 0 Å². The highest BCUT2D eigenvalue weighted by Crippen LogP contribution is 2.21. The number of hydrogen-bond acceptors (Lipinski definition) is 6. The third-order valence-corrected chi connectivity index (χ3v) is 5.36. The van der Waals surface area contributed by atoms with Crippen molar-refractivity contribution in [1.82, 2.24) is 4.98 Å². The van der Waals surface area contributed by atoms with Gasteiger partial charge in [-0.2, -0.15) is 0 Å². The minimum atomic E-state index is -0.377. The molecule has 1 fully saturated rings. The Morgan fingerprint density at radius 2 is 1.55 bits per heavy atom. The Labute approximate surface area is 182 Å². The zero-order valence-corrected chi connectivity index (χ0v) is 17.5. The number of aromatic nitrogens is 1. The molecular formula is C25H25N3O3. The van der Waals surface area contributed by atoms with Gasteiger partial charge in [0.1, 0.15) is 11.6 Å². The topological polar surface area (TPSA) is 62.7 Å². The second kappa shape index (κ2) is 9.43. The van der Waals surface area contributed by atoms with Crippen molar-refractivity contribution in [3.63, 3.8) is 0 Å². The molecule has 1 aromatic heterocycles. The molecule has 0 unspecified atom stereocenters. The summed E-state index contributed by atoms with van der Waals surface area (Å²) in [5, 5.41) is 0. The number of nitrogens with zero attached hydrogens (tertiary/aromatic N) is 3. The second-order valence-electron chi connectivity index (χ2n) is 7.55. The van der Waals surface area contributed by atoms with Gasteiger partial charge in [-0.25, -0.2) is 4.98 Å². The van der Waals surface area contributed by atoms with E-state index in [0.717, 1.165) is 37.6 Å². The molecule has 2 aromatic carbocycles. The fraction of sp³-hybridized carbons (Fsp3) is 0.240. The van der Waals surface area contributed by atoms with Gasteiger partial charge >= 0.3 is 5.97 Å². The lowest BCUT2D eigenvalue weighted by Crippen LogP contribution is -2.46. The second-order valence-corrected chi connectivity index (χ2v) is 7.55. The summed E-state index contributed by atoms with van der Waals surface area (Å²) in [4.78, 5) is 32.7. The van der Waals surface area contributed by atoms with E-state index in [1.165, 1.54) is 12.6 Å². The zero-order valence-electron chi connectivity index (χ0n) is 17.5. The molecule has 0 radical (unpaired) electrons. The van der Waals surface area contributed by atoms with Crippen molar-refractivity contribution in [3.8, 4) is 5.75 Å². The van der Waals surface area contributed by atoms with Gasteiger partial charge in [-0.3, -0.25) is 9.59 Å². The lowest BCUT2D eigenvalue weighted by atomic mass is 10.0. The van der Waals surface area contributed by atoms with Crippen LogP contribution in [0.4, 0.5) is 11.5 Å². The molecule has 0 atom stereocenters. The van der Waals surface area contributed by atoms with E-state index in [-0.39, 0.29) is 11.8 Å². The largest absolute Gasteiger partial charge is 0.427 e. The average Bonchev–Trinajstić information content (AvgIpc) is 2.80. The van der Waals surface area contributed by atoms with Crippen LogP contribution >= 0.6 is 0 Å². The third kappa shape index (κ3) is 5.28. The van der Waals surface area contributed by atoms with Crippen LogP contribution in [0.5, 0.6) is 5.75 Å². The Hall–Kier alpha value is -3.67. The van der Waals surface area contributed by atoms with Crippen LogP contribution in [-0.2, 0) is 11.2 Å². The van der Waals surface area contributed by atoms with Gasteiger partial charge in [0.05, 0.1) is 0 Å². The molecule has 0 aliphatic carbocycles. The Balaban J connectivity index is 1.32. The maximum absolute atomic E-state index is 12.6. The number of anilines is 2. The van der Waals surface area contributed by atoms with Gasteiger partial charge in [-0.05, 0) is 54.1 Å². The smallest absolute Gasteiger partial charge is 0.308 e.